The Balaban J connectivity index is 1.62. The number of hydrogen-bond acceptors (Lipinski definition) is 6. The molecule has 2 amide bonds. The normalized spacial score (nSPS) is 22.9. The van der Waals surface area contributed by atoms with Gasteiger partial charge < -0.3 is 25.2 Å². The van der Waals surface area contributed by atoms with E-state index < -0.39 is 29.3 Å². The van der Waals surface area contributed by atoms with Gasteiger partial charge in [-0.15, -0.1) is 0 Å². The average molecular weight is 509 g/mol. The molecule has 0 saturated carbocycles. The first-order chi connectivity index (χ1) is 17.4. The van der Waals surface area contributed by atoms with E-state index in [2.05, 4.69) is 10.6 Å². The van der Waals surface area contributed by atoms with Gasteiger partial charge >= 0.3 is 0 Å². The maximum Gasteiger partial charge on any atom is 0.251 e. The summed E-state index contributed by atoms with van der Waals surface area (Å²) in [5.41, 5.74) is 0.413. The number of nitrogens with one attached hydrogen (secondary N) is 3. The summed E-state index contributed by atoms with van der Waals surface area (Å²) in [6.45, 7) is 7.72. The van der Waals surface area contributed by atoms with E-state index in [1.165, 1.54) is 4.90 Å². The highest BCUT2D eigenvalue weighted by atomic mass is 16.5. The second kappa shape index (κ2) is 10.1. The SMILES string of the molecule is COCCC(c1cccc(C(=O)N[C@@H]2c3ccccc3OC(C)(C)[C@H]2O)c1)N1C(=N)NC(C)(C)CC1=O. The third-order valence-corrected chi connectivity index (χ3v) is 6.94. The number of methoxy groups -OCH3 is 1. The maximum absolute atomic E-state index is 13.4. The van der Waals surface area contributed by atoms with Gasteiger partial charge in [0.05, 0.1) is 12.1 Å². The molecular weight excluding hydrogens is 472 g/mol. The van der Waals surface area contributed by atoms with Gasteiger partial charge in [0.15, 0.2) is 5.96 Å². The molecule has 9 nitrogen and oxygen atoms in total. The first-order valence-corrected chi connectivity index (χ1v) is 12.5. The van der Waals surface area contributed by atoms with Crippen LogP contribution in [0.2, 0.25) is 0 Å². The highest BCUT2D eigenvalue weighted by Crippen LogP contribution is 2.39. The monoisotopic (exact) mass is 508 g/mol. The molecule has 0 aliphatic carbocycles. The van der Waals surface area contributed by atoms with Crippen molar-refractivity contribution in [2.24, 2.45) is 0 Å². The highest BCUT2D eigenvalue weighted by Gasteiger charge is 2.44. The number of guanidine groups is 1. The molecule has 0 bridgehead atoms. The lowest BCUT2D eigenvalue weighted by Crippen LogP contribution is -2.60. The van der Waals surface area contributed by atoms with Crippen molar-refractivity contribution in [3.05, 3.63) is 65.2 Å². The molecule has 9 heteroatoms. The van der Waals surface area contributed by atoms with Crippen LogP contribution in [0.15, 0.2) is 48.5 Å². The lowest BCUT2D eigenvalue weighted by atomic mass is 9.86. The van der Waals surface area contributed by atoms with E-state index >= 15 is 0 Å². The van der Waals surface area contributed by atoms with E-state index in [0.717, 1.165) is 5.56 Å². The molecule has 0 spiro atoms. The van der Waals surface area contributed by atoms with Crippen LogP contribution in [-0.4, -0.2) is 58.7 Å². The zero-order valence-electron chi connectivity index (χ0n) is 22.0. The number of hydrogen-bond donors (Lipinski definition) is 4. The summed E-state index contributed by atoms with van der Waals surface area (Å²) in [6, 6.07) is 13.2. The minimum absolute atomic E-state index is 0.0291. The van der Waals surface area contributed by atoms with Gasteiger partial charge in [-0.1, -0.05) is 30.3 Å². The van der Waals surface area contributed by atoms with Gasteiger partial charge in [0, 0.05) is 36.8 Å². The van der Waals surface area contributed by atoms with Crippen LogP contribution >= 0.6 is 0 Å². The molecule has 1 unspecified atom stereocenters. The Morgan fingerprint density at radius 2 is 1.97 bits per heavy atom. The topological polar surface area (TPSA) is 124 Å². The Labute approximate surface area is 217 Å². The molecule has 2 aromatic carbocycles. The van der Waals surface area contributed by atoms with Crippen LogP contribution in [0, 0.1) is 5.41 Å². The predicted octanol–water partition coefficient (Wildman–Crippen LogP) is 3.30. The second-order valence-electron chi connectivity index (χ2n) is 10.9. The fourth-order valence-corrected chi connectivity index (χ4v) is 5.03. The fourth-order valence-electron chi connectivity index (χ4n) is 5.03. The zero-order valence-corrected chi connectivity index (χ0v) is 22.0. The molecule has 0 aromatic heterocycles. The smallest absolute Gasteiger partial charge is 0.251 e. The number of ether oxygens (including phenoxy) is 2. The molecule has 2 heterocycles. The van der Waals surface area contributed by atoms with Crippen molar-refractivity contribution in [3.8, 4) is 5.75 Å². The predicted molar refractivity (Wildman–Crippen MR) is 139 cm³/mol. The Hall–Kier alpha value is -3.43. The van der Waals surface area contributed by atoms with Crippen molar-refractivity contribution in [3.63, 3.8) is 0 Å². The van der Waals surface area contributed by atoms with E-state index in [-0.39, 0.29) is 24.2 Å². The maximum atomic E-state index is 13.4. The van der Waals surface area contributed by atoms with Crippen LogP contribution in [0.4, 0.5) is 0 Å². The van der Waals surface area contributed by atoms with Crippen LogP contribution in [0.5, 0.6) is 5.75 Å². The van der Waals surface area contributed by atoms with Crippen molar-refractivity contribution in [1.82, 2.24) is 15.5 Å². The van der Waals surface area contributed by atoms with Gasteiger partial charge in [0.2, 0.25) is 5.91 Å². The Bertz CT molecular complexity index is 1170. The number of aliphatic hydroxyl groups excluding tert-OH is 1. The Kier molecular flexibility index (Phi) is 7.30. The summed E-state index contributed by atoms with van der Waals surface area (Å²) in [4.78, 5) is 28.0. The summed E-state index contributed by atoms with van der Waals surface area (Å²) >= 11 is 0. The van der Waals surface area contributed by atoms with Crippen molar-refractivity contribution in [2.75, 3.05) is 13.7 Å². The number of amides is 2. The number of fused-ring (bicyclic) bond motifs is 1. The van der Waals surface area contributed by atoms with Gasteiger partial charge in [-0.25, -0.2) is 0 Å². The van der Waals surface area contributed by atoms with Crippen molar-refractivity contribution >= 4 is 17.8 Å². The van der Waals surface area contributed by atoms with Crippen LogP contribution < -0.4 is 15.4 Å². The van der Waals surface area contributed by atoms with E-state index in [1.807, 2.05) is 44.2 Å². The van der Waals surface area contributed by atoms with E-state index in [0.29, 0.717) is 29.9 Å². The van der Waals surface area contributed by atoms with Crippen LogP contribution in [0.1, 0.15) is 74.1 Å². The van der Waals surface area contributed by atoms with Gasteiger partial charge in [0.1, 0.15) is 17.5 Å². The molecular formula is C28H36N4O5. The molecule has 198 valence electrons. The van der Waals surface area contributed by atoms with E-state index in [1.54, 1.807) is 39.2 Å². The van der Waals surface area contributed by atoms with Gasteiger partial charge in [-0.2, -0.15) is 0 Å². The number of aliphatic hydroxyl groups is 1. The first-order valence-electron chi connectivity index (χ1n) is 12.5. The first kappa shape index (κ1) is 26.6. The molecule has 1 fully saturated rings. The number of carbonyl (C=O) groups excluding carboxylic acids is 2. The fraction of sp³-hybridized carbons (Fsp3) is 0.464. The average Bonchev–Trinajstić information content (AvgIpc) is 2.82. The Morgan fingerprint density at radius 1 is 1.24 bits per heavy atom. The van der Waals surface area contributed by atoms with Crippen LogP contribution in [0.25, 0.3) is 0 Å². The van der Waals surface area contributed by atoms with E-state index in [9.17, 15) is 14.7 Å². The number of para-hydroxylation sites is 1. The molecule has 2 aliphatic rings. The number of rotatable bonds is 7. The Morgan fingerprint density at radius 3 is 2.68 bits per heavy atom. The summed E-state index contributed by atoms with van der Waals surface area (Å²) < 4.78 is 11.3. The van der Waals surface area contributed by atoms with Crippen molar-refractivity contribution in [2.45, 2.75) is 69.9 Å². The number of carbonyl (C=O) groups is 2. The molecule has 2 aromatic rings. The molecule has 3 atom stereocenters. The van der Waals surface area contributed by atoms with Gasteiger partial charge in [-0.05, 0) is 57.9 Å². The van der Waals surface area contributed by atoms with Crippen molar-refractivity contribution < 1.29 is 24.2 Å². The van der Waals surface area contributed by atoms with E-state index in [4.69, 9.17) is 14.9 Å². The third-order valence-electron chi connectivity index (χ3n) is 6.94. The lowest BCUT2D eigenvalue weighted by molar-refractivity contribution is -0.132. The number of benzene rings is 2. The quantitative estimate of drug-likeness (QED) is 0.455. The lowest BCUT2D eigenvalue weighted by Gasteiger charge is -2.42. The molecule has 0 radical (unpaired) electrons. The molecule has 37 heavy (non-hydrogen) atoms. The molecule has 4 N–H and O–H groups in total. The van der Waals surface area contributed by atoms with Crippen molar-refractivity contribution in [1.29, 1.82) is 5.41 Å². The summed E-state index contributed by atoms with van der Waals surface area (Å²) in [5, 5.41) is 25.6. The second-order valence-corrected chi connectivity index (χ2v) is 10.9. The minimum atomic E-state index is -0.968. The standard InChI is InChI=1S/C28H36N4O5/c1-27(2)16-22(33)32(26(29)31-27)20(13-14-36-5)17-9-8-10-18(15-17)25(35)30-23-19-11-6-7-12-21(19)37-28(3,4)24(23)34/h6-12,15,20,23-24,34H,13-14,16H2,1-5H3,(H2,29,31)(H,30,35)/t20?,23-,24+/m1/s1. The molecule has 1 saturated heterocycles. The zero-order chi connectivity index (χ0) is 27.0. The largest absolute Gasteiger partial charge is 0.485 e. The third kappa shape index (κ3) is 5.47. The highest BCUT2D eigenvalue weighted by molar-refractivity contribution is 5.99. The molecule has 2 aliphatic heterocycles. The van der Waals surface area contributed by atoms with Gasteiger partial charge in [0.25, 0.3) is 5.91 Å². The summed E-state index contributed by atoms with van der Waals surface area (Å²) in [5.74, 6) is 0.132. The number of nitrogens with zero attached hydrogens (tertiary/aromatic N) is 1. The molecule has 4 rings (SSSR count). The van der Waals surface area contributed by atoms with Crippen LogP contribution in [0.3, 0.4) is 0 Å². The van der Waals surface area contributed by atoms with Gasteiger partial charge in [-0.3, -0.25) is 19.9 Å². The summed E-state index contributed by atoms with van der Waals surface area (Å²) in [6.07, 6.45) is -0.265. The van der Waals surface area contributed by atoms with Crippen LogP contribution in [-0.2, 0) is 9.53 Å². The summed E-state index contributed by atoms with van der Waals surface area (Å²) in [7, 11) is 1.59. The minimum Gasteiger partial charge on any atom is -0.485 e.